The van der Waals surface area contributed by atoms with Gasteiger partial charge < -0.3 is 14.8 Å². The predicted octanol–water partition coefficient (Wildman–Crippen LogP) is 4.14. The quantitative estimate of drug-likeness (QED) is 0.382. The molecule has 0 radical (unpaired) electrons. The average Bonchev–Trinajstić information content (AvgIpc) is 3.13. The van der Waals surface area contributed by atoms with Gasteiger partial charge in [-0.05, 0) is 42.8 Å². The minimum atomic E-state index is -0.582. The number of nitrogens with one attached hydrogen (secondary N) is 2. The molecule has 3 aromatic carbocycles. The lowest BCUT2D eigenvalue weighted by Crippen LogP contribution is -2.35. The van der Waals surface area contributed by atoms with Gasteiger partial charge in [0.25, 0.3) is 17.7 Å². The van der Waals surface area contributed by atoms with Crippen LogP contribution >= 0.6 is 11.6 Å². The van der Waals surface area contributed by atoms with E-state index < -0.39 is 11.8 Å². The number of amides is 3. The third-order valence-electron chi connectivity index (χ3n) is 5.24. The van der Waals surface area contributed by atoms with Crippen molar-refractivity contribution in [3.8, 4) is 11.5 Å². The number of hydrogen-bond donors (Lipinski definition) is 2. The maximum atomic E-state index is 13.0. The fourth-order valence-electron chi connectivity index (χ4n) is 3.51. The molecule has 35 heavy (non-hydrogen) atoms. The highest BCUT2D eigenvalue weighted by atomic mass is 35.5. The number of carbonyl (C=O) groups excluding carboxylic acids is 3. The van der Waals surface area contributed by atoms with E-state index in [1.165, 1.54) is 25.3 Å². The summed E-state index contributed by atoms with van der Waals surface area (Å²) in [4.78, 5) is 38.1. The summed E-state index contributed by atoms with van der Waals surface area (Å²) in [6.45, 7) is 1.55. The Labute approximate surface area is 207 Å². The summed E-state index contributed by atoms with van der Waals surface area (Å²) in [7, 11) is 1.42. The van der Waals surface area contributed by atoms with Gasteiger partial charge in [-0.3, -0.25) is 19.8 Å². The highest BCUT2D eigenvalue weighted by Gasteiger charge is 2.34. The molecule has 1 fully saturated rings. The molecule has 1 saturated heterocycles. The molecule has 1 heterocycles. The van der Waals surface area contributed by atoms with E-state index in [9.17, 15) is 14.4 Å². The van der Waals surface area contributed by atoms with Gasteiger partial charge in [0.05, 0.1) is 12.8 Å². The molecule has 1 aliphatic heterocycles. The van der Waals surface area contributed by atoms with Gasteiger partial charge in [-0.15, -0.1) is 0 Å². The second-order valence-electron chi connectivity index (χ2n) is 7.65. The van der Waals surface area contributed by atoms with Crippen LogP contribution in [-0.4, -0.2) is 31.4 Å². The fourth-order valence-corrected chi connectivity index (χ4v) is 3.73. The average molecular weight is 492 g/mol. The first-order valence-electron chi connectivity index (χ1n) is 10.7. The molecule has 0 saturated carbocycles. The number of anilines is 2. The van der Waals surface area contributed by atoms with Crippen LogP contribution in [0.2, 0.25) is 5.02 Å². The molecule has 178 valence electrons. The molecule has 2 N–H and O–H groups in total. The molecule has 3 amide bonds. The van der Waals surface area contributed by atoms with E-state index in [-0.39, 0.29) is 29.6 Å². The van der Waals surface area contributed by atoms with Gasteiger partial charge in [-0.1, -0.05) is 48.0 Å². The van der Waals surface area contributed by atoms with E-state index in [1.807, 2.05) is 25.1 Å². The molecular weight excluding hydrogens is 470 g/mol. The second-order valence-corrected chi connectivity index (χ2v) is 8.09. The van der Waals surface area contributed by atoms with Crippen molar-refractivity contribution in [1.29, 1.82) is 0 Å². The van der Waals surface area contributed by atoms with E-state index in [1.54, 1.807) is 36.4 Å². The molecule has 4 rings (SSSR count). The Morgan fingerprint density at radius 3 is 2.51 bits per heavy atom. The first kappa shape index (κ1) is 23.8. The van der Waals surface area contributed by atoms with E-state index in [0.29, 0.717) is 22.0 Å². The van der Waals surface area contributed by atoms with Crippen LogP contribution < -0.4 is 25.2 Å². The third kappa shape index (κ3) is 5.28. The molecule has 0 aliphatic carbocycles. The first-order valence-corrected chi connectivity index (χ1v) is 11.0. The topological polar surface area (TPSA) is 97.0 Å². The Kier molecular flexibility index (Phi) is 7.03. The fraction of sp³-hybridized carbons (Fsp3) is 0.115. The van der Waals surface area contributed by atoms with Gasteiger partial charge in [-0.2, -0.15) is 0 Å². The first-order chi connectivity index (χ1) is 16.9. The normalized spacial score (nSPS) is 14.1. The summed E-state index contributed by atoms with van der Waals surface area (Å²) in [6, 6.07) is 19.1. The molecule has 0 atom stereocenters. The number of methoxy groups -OCH3 is 1. The summed E-state index contributed by atoms with van der Waals surface area (Å²) in [5.74, 6) is -1.09. The number of aryl methyl sites for hydroxylation is 1. The summed E-state index contributed by atoms with van der Waals surface area (Å²) < 4.78 is 11.2. The van der Waals surface area contributed by atoms with Crippen molar-refractivity contribution in [2.75, 3.05) is 24.0 Å². The van der Waals surface area contributed by atoms with Crippen LogP contribution in [0.1, 0.15) is 11.1 Å². The Hall–Kier alpha value is -4.30. The van der Waals surface area contributed by atoms with Crippen LogP contribution in [0, 0.1) is 6.92 Å². The Morgan fingerprint density at radius 1 is 1.09 bits per heavy atom. The van der Waals surface area contributed by atoms with Crippen molar-refractivity contribution >= 4 is 46.8 Å². The van der Waals surface area contributed by atoms with Gasteiger partial charge in [0.15, 0.2) is 18.1 Å². The van der Waals surface area contributed by atoms with Crippen LogP contribution in [0.25, 0.3) is 6.08 Å². The van der Waals surface area contributed by atoms with Crippen molar-refractivity contribution in [2.24, 2.45) is 0 Å². The van der Waals surface area contributed by atoms with Crippen molar-refractivity contribution in [3.63, 3.8) is 0 Å². The summed E-state index contributed by atoms with van der Waals surface area (Å²) in [6.07, 6.45) is 1.36. The summed E-state index contributed by atoms with van der Waals surface area (Å²) in [5.41, 5.74) is 4.83. The molecule has 0 spiro atoms. The van der Waals surface area contributed by atoms with Crippen LogP contribution in [0.4, 0.5) is 11.4 Å². The van der Waals surface area contributed by atoms with E-state index >= 15 is 0 Å². The SMILES string of the molecule is COc1cc(Cl)cc(/C=C2\C(=O)NN(c3ccccc3)C2=O)c1OCC(=O)Nc1ccccc1C. The zero-order valence-electron chi connectivity index (χ0n) is 19.0. The van der Waals surface area contributed by atoms with Crippen molar-refractivity contribution in [2.45, 2.75) is 6.92 Å². The van der Waals surface area contributed by atoms with Crippen molar-refractivity contribution in [1.82, 2.24) is 5.43 Å². The van der Waals surface area contributed by atoms with Gasteiger partial charge in [0, 0.05) is 22.3 Å². The number of para-hydroxylation sites is 2. The molecule has 0 bridgehead atoms. The second kappa shape index (κ2) is 10.3. The molecule has 1 aliphatic rings. The maximum absolute atomic E-state index is 13.0. The predicted molar refractivity (Wildman–Crippen MR) is 133 cm³/mol. The molecular formula is C26H22ClN3O5. The lowest BCUT2D eigenvalue weighted by atomic mass is 10.1. The van der Waals surface area contributed by atoms with Crippen molar-refractivity contribution < 1.29 is 23.9 Å². The smallest absolute Gasteiger partial charge is 0.282 e. The summed E-state index contributed by atoms with van der Waals surface area (Å²) >= 11 is 6.23. The minimum Gasteiger partial charge on any atom is -0.493 e. The molecule has 9 heteroatoms. The standard InChI is InChI=1S/C26H22ClN3O5/c1-16-8-6-7-11-21(16)28-23(31)15-35-24-17(12-18(27)14-22(24)34-2)13-20-25(32)29-30(26(20)33)19-9-4-3-5-10-19/h3-14H,15H2,1-2H3,(H,28,31)(H,29,32)/b20-13+. The highest BCUT2D eigenvalue weighted by molar-refractivity contribution is 6.32. The maximum Gasteiger partial charge on any atom is 0.282 e. The third-order valence-corrected chi connectivity index (χ3v) is 5.46. The zero-order chi connectivity index (χ0) is 24.9. The van der Waals surface area contributed by atoms with Crippen LogP contribution in [0.5, 0.6) is 11.5 Å². The number of nitrogens with zero attached hydrogens (tertiary/aromatic N) is 1. The molecule has 3 aromatic rings. The van der Waals surface area contributed by atoms with Crippen LogP contribution in [0.15, 0.2) is 72.3 Å². The lowest BCUT2D eigenvalue weighted by Gasteiger charge is -2.15. The molecule has 8 nitrogen and oxygen atoms in total. The largest absolute Gasteiger partial charge is 0.493 e. The van der Waals surface area contributed by atoms with E-state index in [0.717, 1.165) is 10.6 Å². The Morgan fingerprint density at radius 2 is 1.80 bits per heavy atom. The number of benzene rings is 3. The van der Waals surface area contributed by atoms with Gasteiger partial charge in [0.2, 0.25) is 0 Å². The van der Waals surface area contributed by atoms with Crippen LogP contribution in [0.3, 0.4) is 0 Å². The zero-order valence-corrected chi connectivity index (χ0v) is 19.8. The van der Waals surface area contributed by atoms with Crippen LogP contribution in [-0.2, 0) is 14.4 Å². The number of halogens is 1. The monoisotopic (exact) mass is 491 g/mol. The Bertz CT molecular complexity index is 1320. The highest BCUT2D eigenvalue weighted by Crippen LogP contribution is 2.37. The Balaban J connectivity index is 1.61. The summed E-state index contributed by atoms with van der Waals surface area (Å²) in [5, 5.41) is 4.25. The van der Waals surface area contributed by atoms with Gasteiger partial charge >= 0.3 is 0 Å². The number of rotatable bonds is 7. The molecule has 0 aromatic heterocycles. The van der Waals surface area contributed by atoms with E-state index in [2.05, 4.69) is 10.7 Å². The number of ether oxygens (including phenoxy) is 2. The molecule has 0 unspecified atom stereocenters. The number of hydrogen-bond acceptors (Lipinski definition) is 5. The number of carbonyl (C=O) groups is 3. The van der Waals surface area contributed by atoms with E-state index in [4.69, 9.17) is 21.1 Å². The van der Waals surface area contributed by atoms with Crippen molar-refractivity contribution in [3.05, 3.63) is 88.5 Å². The van der Waals surface area contributed by atoms with Gasteiger partial charge in [0.1, 0.15) is 5.57 Å². The minimum absolute atomic E-state index is 0.118. The van der Waals surface area contributed by atoms with Gasteiger partial charge in [-0.25, -0.2) is 5.01 Å². The number of hydrazine groups is 1. The lowest BCUT2D eigenvalue weighted by molar-refractivity contribution is -0.118.